The van der Waals surface area contributed by atoms with Gasteiger partial charge in [-0.2, -0.15) is 0 Å². The highest BCUT2D eigenvalue weighted by atomic mass is 31.2. The summed E-state index contributed by atoms with van der Waals surface area (Å²) in [5.74, 6) is -0.262. The second kappa shape index (κ2) is 56.4. The number of rotatable bonds is 56. The number of unbranched alkanes of at least 4 members (excludes halogenated alkanes) is 24. The van der Waals surface area contributed by atoms with Crippen LogP contribution in [0.2, 0.25) is 0 Å². The molecule has 0 spiro atoms. The normalized spacial score (nSPS) is 15.0. The van der Waals surface area contributed by atoms with Gasteiger partial charge in [-0.3, -0.25) is 13.8 Å². The lowest BCUT2D eigenvalue weighted by Gasteiger charge is -2.28. The van der Waals surface area contributed by atoms with Gasteiger partial charge < -0.3 is 24.9 Å². The number of amides is 1. The molecule has 0 aliphatic rings. The van der Waals surface area contributed by atoms with Crippen LogP contribution in [0.15, 0.2) is 109 Å². The number of likely N-dealkylation sites (N-methyl/N-ethyl adjacent to an activating group) is 1. The zero-order valence-electron chi connectivity index (χ0n) is 50.3. The SMILES string of the molecule is CC/C=C\C/C=C\C/C=C\C/C=C\C/C=C\C/C=C\C/C=C\C/C=C\C/C=C\CCCCCCCCCCCCCCCC(=O)NC(COP(=O)(O)OCC[N+](C)(C)C)C(O)C(O)CCCCCCCCCCCCCC. The zero-order chi connectivity index (χ0) is 56.4. The monoisotopic (exact) mass is 1100 g/mol. The molecule has 0 heterocycles. The van der Waals surface area contributed by atoms with Gasteiger partial charge in [0.1, 0.15) is 19.3 Å². The van der Waals surface area contributed by atoms with Crippen LogP contribution in [0.25, 0.3) is 0 Å². The number of carbonyl (C=O) groups is 1. The first-order valence-electron chi connectivity index (χ1n) is 31.3. The van der Waals surface area contributed by atoms with Gasteiger partial charge in [-0.05, 0) is 83.5 Å². The smallest absolute Gasteiger partial charge is 0.390 e. The molecule has 0 aromatic carbocycles. The van der Waals surface area contributed by atoms with Crippen LogP contribution < -0.4 is 5.32 Å². The maximum atomic E-state index is 13.0. The fourth-order valence-corrected chi connectivity index (χ4v) is 9.46. The lowest BCUT2D eigenvalue weighted by Crippen LogP contribution is -2.51. The molecule has 0 radical (unpaired) electrons. The fourth-order valence-electron chi connectivity index (χ4n) is 8.72. The number of nitrogens with one attached hydrogen (secondary N) is 1. The molecule has 0 saturated carbocycles. The first kappa shape index (κ1) is 74.1. The van der Waals surface area contributed by atoms with Crippen LogP contribution in [0.4, 0.5) is 0 Å². The van der Waals surface area contributed by atoms with Crippen molar-refractivity contribution >= 4 is 13.7 Å². The molecule has 0 aromatic heterocycles. The number of phosphoric ester groups is 1. The number of hydrogen-bond acceptors (Lipinski definition) is 6. The summed E-state index contributed by atoms with van der Waals surface area (Å²) in [4.78, 5) is 23.3. The Morgan fingerprint density at radius 2 is 0.805 bits per heavy atom. The summed E-state index contributed by atoms with van der Waals surface area (Å²) in [6, 6.07) is -1.04. The van der Waals surface area contributed by atoms with E-state index in [0.717, 1.165) is 103 Å². The Bertz CT molecular complexity index is 1640. The van der Waals surface area contributed by atoms with Gasteiger partial charge >= 0.3 is 7.82 Å². The molecule has 77 heavy (non-hydrogen) atoms. The van der Waals surface area contributed by atoms with Gasteiger partial charge in [0.2, 0.25) is 5.91 Å². The molecule has 444 valence electrons. The predicted octanol–water partition coefficient (Wildman–Crippen LogP) is 18.5. The zero-order valence-corrected chi connectivity index (χ0v) is 51.2. The summed E-state index contributed by atoms with van der Waals surface area (Å²) in [6.07, 6.45) is 79.0. The van der Waals surface area contributed by atoms with Gasteiger partial charge in [0.05, 0.1) is 39.9 Å². The van der Waals surface area contributed by atoms with Crippen molar-refractivity contribution in [1.29, 1.82) is 0 Å². The van der Waals surface area contributed by atoms with Crippen LogP contribution >= 0.6 is 7.82 Å². The van der Waals surface area contributed by atoms with E-state index in [2.05, 4.69) is 129 Å². The van der Waals surface area contributed by atoms with Crippen LogP contribution in [-0.2, 0) is 18.4 Å². The summed E-state index contributed by atoms with van der Waals surface area (Å²) in [5.41, 5.74) is 0. The van der Waals surface area contributed by atoms with E-state index in [-0.39, 0.29) is 18.9 Å². The number of hydrogen-bond donors (Lipinski definition) is 4. The van der Waals surface area contributed by atoms with Gasteiger partial charge in [-0.25, -0.2) is 4.57 Å². The van der Waals surface area contributed by atoms with E-state index in [9.17, 15) is 24.5 Å². The molecular weight excluding hydrogens is 976 g/mol. The maximum absolute atomic E-state index is 13.0. The first-order chi connectivity index (χ1) is 37.4. The summed E-state index contributed by atoms with van der Waals surface area (Å²) in [6.45, 7) is 4.49. The van der Waals surface area contributed by atoms with E-state index in [1.807, 2.05) is 21.1 Å². The highest BCUT2D eigenvalue weighted by molar-refractivity contribution is 7.47. The minimum atomic E-state index is -4.43. The minimum absolute atomic E-state index is 0.0182. The average Bonchev–Trinajstić information content (AvgIpc) is 3.39. The molecular formula is C67H120N2O7P+. The molecule has 0 aliphatic heterocycles. The molecule has 1 amide bonds. The van der Waals surface area contributed by atoms with Crippen LogP contribution in [0.5, 0.6) is 0 Å². The van der Waals surface area contributed by atoms with Crippen LogP contribution in [0, 0.1) is 0 Å². The van der Waals surface area contributed by atoms with Crippen molar-refractivity contribution in [2.45, 2.75) is 270 Å². The number of aliphatic hydroxyl groups is 2. The lowest BCUT2D eigenvalue weighted by atomic mass is 9.99. The number of phosphoric acid groups is 1. The number of carbonyl (C=O) groups excluding carboxylic acids is 1. The molecule has 0 aliphatic carbocycles. The summed E-state index contributed by atoms with van der Waals surface area (Å²) in [7, 11) is 1.43. The Morgan fingerprint density at radius 1 is 0.468 bits per heavy atom. The van der Waals surface area contributed by atoms with Crippen molar-refractivity contribution in [3.63, 3.8) is 0 Å². The van der Waals surface area contributed by atoms with E-state index in [4.69, 9.17) is 9.05 Å². The highest BCUT2D eigenvalue weighted by Crippen LogP contribution is 2.43. The Morgan fingerprint density at radius 3 is 1.18 bits per heavy atom. The Hall–Kier alpha value is -2.88. The van der Waals surface area contributed by atoms with Crippen molar-refractivity contribution in [3.8, 4) is 0 Å². The van der Waals surface area contributed by atoms with Crippen molar-refractivity contribution in [1.82, 2.24) is 5.32 Å². The van der Waals surface area contributed by atoms with E-state index >= 15 is 0 Å². The van der Waals surface area contributed by atoms with Crippen molar-refractivity contribution in [2.24, 2.45) is 0 Å². The molecule has 0 rings (SSSR count). The average molecular weight is 1100 g/mol. The molecule has 9 nitrogen and oxygen atoms in total. The molecule has 10 heteroatoms. The Kier molecular flexibility index (Phi) is 54.3. The quantitative estimate of drug-likeness (QED) is 0.0207. The van der Waals surface area contributed by atoms with Crippen LogP contribution in [-0.4, -0.2) is 84.6 Å². The van der Waals surface area contributed by atoms with Crippen LogP contribution in [0.3, 0.4) is 0 Å². The molecule has 4 N–H and O–H groups in total. The summed E-state index contributed by atoms with van der Waals surface area (Å²) >= 11 is 0. The molecule has 4 atom stereocenters. The third-order valence-electron chi connectivity index (χ3n) is 13.6. The highest BCUT2D eigenvalue weighted by Gasteiger charge is 2.32. The third-order valence-corrected chi connectivity index (χ3v) is 14.6. The van der Waals surface area contributed by atoms with E-state index < -0.39 is 32.7 Å². The van der Waals surface area contributed by atoms with Gasteiger partial charge in [0.25, 0.3) is 0 Å². The predicted molar refractivity (Wildman–Crippen MR) is 333 cm³/mol. The second-order valence-electron chi connectivity index (χ2n) is 22.2. The number of allylic oxidation sites excluding steroid dienone is 18. The standard InChI is InChI=1S/C67H119N2O7P/c1-6-8-10-12-14-16-18-20-21-22-23-24-25-26-27-28-29-30-31-32-33-34-35-36-37-38-39-40-41-42-43-44-45-46-47-48-50-52-54-56-58-60-66(71)68-64(63-76-77(73,74)75-62-61-69(3,4)5)67(72)65(70)59-57-55-53-51-49-19-17-15-13-11-9-7-2/h8,10,14,16,20-21,23-24,26-27,29-30,32-33,35-36,38-39,64-65,67,70,72H,6-7,9,11-13,15,17-19,22,25,28,31,34,37,40-63H2,1-5H3,(H-,68,71,73,74)/p+1/b10-8-,16-14-,21-20-,24-23-,27-26-,30-29-,33-32-,36-35-,39-38-. The van der Waals surface area contributed by atoms with Gasteiger partial charge in [-0.15, -0.1) is 0 Å². The largest absolute Gasteiger partial charge is 0.472 e. The molecule has 0 bridgehead atoms. The Balaban J connectivity index is 4.06. The number of quaternary nitrogens is 1. The first-order valence-corrected chi connectivity index (χ1v) is 32.8. The van der Waals surface area contributed by atoms with E-state index in [1.165, 1.54) is 122 Å². The fraction of sp³-hybridized carbons (Fsp3) is 0.716. The van der Waals surface area contributed by atoms with Crippen molar-refractivity contribution in [2.75, 3.05) is 40.9 Å². The number of nitrogens with zero attached hydrogens (tertiary/aromatic N) is 1. The van der Waals surface area contributed by atoms with Gasteiger partial charge in [0, 0.05) is 6.42 Å². The number of aliphatic hydroxyl groups excluding tert-OH is 2. The molecule has 4 unspecified atom stereocenters. The summed E-state index contributed by atoms with van der Waals surface area (Å²) in [5, 5.41) is 24.8. The van der Waals surface area contributed by atoms with E-state index in [1.54, 1.807) is 0 Å². The van der Waals surface area contributed by atoms with Gasteiger partial charge in [0.15, 0.2) is 0 Å². The molecule has 0 saturated heterocycles. The molecule has 0 fully saturated rings. The lowest BCUT2D eigenvalue weighted by molar-refractivity contribution is -0.870. The Labute approximate surface area is 474 Å². The maximum Gasteiger partial charge on any atom is 0.472 e. The van der Waals surface area contributed by atoms with Gasteiger partial charge in [-0.1, -0.05) is 271 Å². The minimum Gasteiger partial charge on any atom is -0.390 e. The molecule has 0 aromatic rings. The third kappa shape index (κ3) is 57.6. The van der Waals surface area contributed by atoms with Crippen molar-refractivity contribution in [3.05, 3.63) is 109 Å². The topological polar surface area (TPSA) is 125 Å². The van der Waals surface area contributed by atoms with E-state index in [0.29, 0.717) is 17.4 Å². The van der Waals surface area contributed by atoms with Crippen LogP contribution in [0.1, 0.15) is 251 Å². The second-order valence-corrected chi connectivity index (χ2v) is 23.6. The summed E-state index contributed by atoms with van der Waals surface area (Å²) < 4.78 is 23.6. The van der Waals surface area contributed by atoms with Crippen molar-refractivity contribution < 1.29 is 38.0 Å².